The van der Waals surface area contributed by atoms with Crippen LogP contribution >= 0.6 is 0 Å². The third-order valence-electron chi connectivity index (χ3n) is 1.91. The monoisotopic (exact) mass is 151 g/mol. The van der Waals surface area contributed by atoms with Crippen LogP contribution in [-0.2, 0) is 0 Å². The molecule has 60 valence electrons. The van der Waals surface area contributed by atoms with Crippen LogP contribution in [0.15, 0.2) is 23.0 Å². The van der Waals surface area contributed by atoms with Crippen LogP contribution in [0.2, 0.25) is 0 Å². The van der Waals surface area contributed by atoms with Gasteiger partial charge in [-0.1, -0.05) is 6.92 Å². The SMILES string of the molecule is CCC(CC=N)c1ccoc1. The topological polar surface area (TPSA) is 37.0 Å². The van der Waals surface area contributed by atoms with Crippen LogP contribution in [0.3, 0.4) is 0 Å². The lowest BCUT2D eigenvalue weighted by molar-refractivity contribution is 0.557. The van der Waals surface area contributed by atoms with Gasteiger partial charge in [0, 0.05) is 0 Å². The quantitative estimate of drug-likeness (QED) is 0.660. The van der Waals surface area contributed by atoms with Crippen molar-refractivity contribution in [2.45, 2.75) is 25.7 Å². The highest BCUT2D eigenvalue weighted by Gasteiger charge is 2.07. The van der Waals surface area contributed by atoms with Gasteiger partial charge in [-0.25, -0.2) is 0 Å². The smallest absolute Gasteiger partial charge is 0.0937 e. The van der Waals surface area contributed by atoms with E-state index < -0.39 is 0 Å². The van der Waals surface area contributed by atoms with Crippen LogP contribution in [0.4, 0.5) is 0 Å². The van der Waals surface area contributed by atoms with E-state index in [9.17, 15) is 0 Å². The molecule has 2 heteroatoms. The van der Waals surface area contributed by atoms with Gasteiger partial charge in [0.25, 0.3) is 0 Å². The predicted molar refractivity (Wildman–Crippen MR) is 45.1 cm³/mol. The Hall–Kier alpha value is -1.05. The van der Waals surface area contributed by atoms with Gasteiger partial charge in [-0.2, -0.15) is 0 Å². The van der Waals surface area contributed by atoms with Crippen LogP contribution in [0, 0.1) is 5.41 Å². The summed E-state index contributed by atoms with van der Waals surface area (Å²) in [6.07, 6.45) is 6.78. The van der Waals surface area contributed by atoms with E-state index in [4.69, 9.17) is 9.83 Å². The maximum Gasteiger partial charge on any atom is 0.0937 e. The zero-order valence-corrected chi connectivity index (χ0v) is 6.71. The largest absolute Gasteiger partial charge is 0.472 e. The molecular formula is C9H13NO. The van der Waals surface area contributed by atoms with Crippen LogP contribution in [0.5, 0.6) is 0 Å². The van der Waals surface area contributed by atoms with Crippen molar-refractivity contribution in [3.63, 3.8) is 0 Å². The molecule has 1 rings (SSSR count). The van der Waals surface area contributed by atoms with E-state index in [1.54, 1.807) is 12.5 Å². The number of rotatable bonds is 4. The lowest BCUT2D eigenvalue weighted by Crippen LogP contribution is -1.95. The molecule has 0 fully saturated rings. The van der Waals surface area contributed by atoms with Crippen molar-refractivity contribution >= 4 is 6.21 Å². The van der Waals surface area contributed by atoms with Gasteiger partial charge >= 0.3 is 0 Å². The lowest BCUT2D eigenvalue weighted by Gasteiger charge is -2.07. The van der Waals surface area contributed by atoms with Gasteiger partial charge in [0.1, 0.15) is 0 Å². The van der Waals surface area contributed by atoms with Crippen LogP contribution in [0.25, 0.3) is 0 Å². The molecule has 2 nitrogen and oxygen atoms in total. The summed E-state index contributed by atoms with van der Waals surface area (Å²) >= 11 is 0. The van der Waals surface area contributed by atoms with Crippen LogP contribution in [0.1, 0.15) is 31.2 Å². The molecule has 11 heavy (non-hydrogen) atoms. The first-order chi connectivity index (χ1) is 5.38. The molecule has 0 radical (unpaired) electrons. The minimum Gasteiger partial charge on any atom is -0.472 e. The van der Waals surface area contributed by atoms with Gasteiger partial charge in [0.05, 0.1) is 12.5 Å². The fourth-order valence-electron chi connectivity index (χ4n) is 1.19. The van der Waals surface area contributed by atoms with Crippen molar-refractivity contribution in [3.8, 4) is 0 Å². The highest BCUT2D eigenvalue weighted by atomic mass is 16.3. The second-order valence-electron chi connectivity index (χ2n) is 2.60. The summed E-state index contributed by atoms with van der Waals surface area (Å²) < 4.78 is 4.97. The van der Waals surface area contributed by atoms with Crippen LogP contribution in [-0.4, -0.2) is 6.21 Å². The summed E-state index contributed by atoms with van der Waals surface area (Å²) in [6.45, 7) is 2.13. The Morgan fingerprint density at radius 2 is 2.55 bits per heavy atom. The lowest BCUT2D eigenvalue weighted by atomic mass is 9.96. The predicted octanol–water partition coefficient (Wildman–Crippen LogP) is 2.81. The fraction of sp³-hybridized carbons (Fsp3) is 0.444. The van der Waals surface area contributed by atoms with Crippen molar-refractivity contribution in [3.05, 3.63) is 24.2 Å². The number of nitrogens with one attached hydrogen (secondary N) is 1. The standard InChI is InChI=1S/C9H13NO/c1-2-8(3-5-10)9-4-6-11-7-9/h4-8,10H,2-3H2,1H3. The van der Waals surface area contributed by atoms with Gasteiger partial charge in [-0.15, -0.1) is 0 Å². The van der Waals surface area contributed by atoms with E-state index >= 15 is 0 Å². The number of hydrogen-bond acceptors (Lipinski definition) is 2. The molecule has 0 aliphatic heterocycles. The summed E-state index contributed by atoms with van der Waals surface area (Å²) in [5.74, 6) is 0.464. The molecule has 0 aromatic carbocycles. The normalized spacial score (nSPS) is 12.8. The molecule has 0 aliphatic rings. The van der Waals surface area contributed by atoms with E-state index in [-0.39, 0.29) is 0 Å². The minimum atomic E-state index is 0.464. The van der Waals surface area contributed by atoms with Gasteiger partial charge in [0.15, 0.2) is 0 Å². The summed E-state index contributed by atoms with van der Waals surface area (Å²) in [4.78, 5) is 0. The Morgan fingerprint density at radius 1 is 1.73 bits per heavy atom. The third kappa shape index (κ3) is 1.93. The molecule has 0 saturated heterocycles. The molecule has 0 bridgehead atoms. The summed E-state index contributed by atoms with van der Waals surface area (Å²) in [6, 6.07) is 1.97. The van der Waals surface area contributed by atoms with Crippen LogP contribution < -0.4 is 0 Å². The Morgan fingerprint density at radius 3 is 3.00 bits per heavy atom. The highest BCUT2D eigenvalue weighted by molar-refractivity contribution is 5.54. The van der Waals surface area contributed by atoms with Gasteiger partial charge in [0.2, 0.25) is 0 Å². The number of hydrogen-bond donors (Lipinski definition) is 1. The molecule has 0 aliphatic carbocycles. The maximum absolute atomic E-state index is 6.98. The van der Waals surface area contributed by atoms with E-state index in [2.05, 4.69) is 6.92 Å². The Bertz CT molecular complexity index is 203. The molecule has 1 aromatic rings. The first kappa shape index (κ1) is 8.05. The molecule has 1 atom stereocenters. The molecule has 1 aromatic heterocycles. The zero-order chi connectivity index (χ0) is 8.10. The van der Waals surface area contributed by atoms with Crippen molar-refractivity contribution in [2.75, 3.05) is 0 Å². The second kappa shape index (κ2) is 3.96. The molecule has 0 spiro atoms. The van der Waals surface area contributed by atoms with E-state index in [1.807, 2.05) is 6.07 Å². The maximum atomic E-state index is 6.98. The molecule has 0 amide bonds. The second-order valence-corrected chi connectivity index (χ2v) is 2.60. The Balaban J connectivity index is 2.62. The highest BCUT2D eigenvalue weighted by Crippen LogP contribution is 2.21. The first-order valence-electron chi connectivity index (χ1n) is 3.89. The fourth-order valence-corrected chi connectivity index (χ4v) is 1.19. The molecular weight excluding hydrogens is 138 g/mol. The average Bonchev–Trinajstić information content (AvgIpc) is 2.52. The summed E-state index contributed by atoms with van der Waals surface area (Å²) in [7, 11) is 0. The van der Waals surface area contributed by atoms with E-state index in [0.29, 0.717) is 5.92 Å². The van der Waals surface area contributed by atoms with Gasteiger partial charge < -0.3 is 9.83 Å². The van der Waals surface area contributed by atoms with Crippen molar-refractivity contribution in [1.29, 1.82) is 5.41 Å². The average molecular weight is 151 g/mol. The number of furan rings is 1. The summed E-state index contributed by atoms with van der Waals surface area (Å²) in [5.41, 5.74) is 1.20. The molecule has 1 heterocycles. The van der Waals surface area contributed by atoms with Crippen molar-refractivity contribution in [1.82, 2.24) is 0 Å². The first-order valence-corrected chi connectivity index (χ1v) is 3.89. The summed E-state index contributed by atoms with van der Waals surface area (Å²) in [5, 5.41) is 6.98. The minimum absolute atomic E-state index is 0.464. The van der Waals surface area contributed by atoms with E-state index in [0.717, 1.165) is 12.8 Å². The van der Waals surface area contributed by atoms with Crippen molar-refractivity contribution < 1.29 is 4.42 Å². The van der Waals surface area contributed by atoms with Gasteiger partial charge in [-0.3, -0.25) is 0 Å². The molecule has 0 saturated carbocycles. The van der Waals surface area contributed by atoms with Crippen molar-refractivity contribution in [2.24, 2.45) is 0 Å². The molecule has 1 unspecified atom stereocenters. The third-order valence-corrected chi connectivity index (χ3v) is 1.91. The Kier molecular flexibility index (Phi) is 2.90. The Labute approximate surface area is 66.7 Å². The van der Waals surface area contributed by atoms with E-state index in [1.165, 1.54) is 11.8 Å². The van der Waals surface area contributed by atoms with Gasteiger partial charge in [-0.05, 0) is 36.6 Å². The zero-order valence-electron chi connectivity index (χ0n) is 6.71. The molecule has 1 N–H and O–H groups in total.